The molecule has 1 aromatic carbocycles. The first-order valence-corrected chi connectivity index (χ1v) is 5.05. The Bertz CT molecular complexity index is 498. The van der Waals surface area contributed by atoms with Crippen LogP contribution < -0.4 is 3.11 Å². The van der Waals surface area contributed by atoms with Crippen LogP contribution in [0.4, 0.5) is 18.9 Å². The van der Waals surface area contributed by atoms with Crippen LogP contribution in [0.3, 0.4) is 0 Å². The van der Waals surface area contributed by atoms with Crippen LogP contribution in [0.5, 0.6) is 0 Å². The van der Waals surface area contributed by atoms with Gasteiger partial charge in [0.1, 0.15) is 0 Å². The molecule has 1 aromatic rings. The van der Waals surface area contributed by atoms with Gasteiger partial charge in [0, 0.05) is 0 Å². The molecule has 0 unspecified atom stereocenters. The molecule has 0 bridgehead atoms. The lowest BCUT2D eigenvalue weighted by atomic mass is 10.1. The molecule has 2 rings (SSSR count). The second-order valence-electron chi connectivity index (χ2n) is 3.11. The van der Waals surface area contributed by atoms with Crippen LogP contribution in [-0.4, -0.2) is 11.7 Å². The summed E-state index contributed by atoms with van der Waals surface area (Å²) >= 11 is 1.39. The highest BCUT2D eigenvalue weighted by Crippen LogP contribution is 2.42. The number of para-hydroxylation sites is 1. The molecule has 0 spiro atoms. The van der Waals surface area contributed by atoms with Crippen LogP contribution in [0, 0.1) is 0 Å². The number of carbonyl (C=O) groups excluding carboxylic acids is 2. The number of halogens is 4. The van der Waals surface area contributed by atoms with Crippen LogP contribution in [-0.2, 0) is 11.0 Å². The Labute approximate surface area is 102 Å². The first kappa shape index (κ1) is 11.4. The summed E-state index contributed by atoms with van der Waals surface area (Å²) in [5.74, 6) is -1.86. The molecule has 0 saturated carbocycles. The maximum absolute atomic E-state index is 12.6. The Balaban J connectivity index is 2.72. The SMILES string of the molecule is O=C1C(=O)N(I)c2c1cccc2C(F)(F)F. The summed E-state index contributed by atoms with van der Waals surface area (Å²) in [4.78, 5) is 22.6. The van der Waals surface area contributed by atoms with E-state index in [0.29, 0.717) is 3.11 Å². The van der Waals surface area contributed by atoms with Crippen molar-refractivity contribution in [3.05, 3.63) is 29.3 Å². The monoisotopic (exact) mass is 341 g/mol. The molecule has 0 atom stereocenters. The van der Waals surface area contributed by atoms with Crippen LogP contribution in [0.15, 0.2) is 18.2 Å². The fraction of sp³-hybridized carbons (Fsp3) is 0.111. The predicted octanol–water partition coefficient (Wildman–Crippen LogP) is 2.58. The maximum atomic E-state index is 12.6. The van der Waals surface area contributed by atoms with E-state index in [2.05, 4.69) is 0 Å². The molecule has 0 saturated heterocycles. The predicted molar refractivity (Wildman–Crippen MR) is 57.3 cm³/mol. The standard InChI is InChI=1S/C9H3F3INO2/c10-9(11,12)5-3-1-2-4-6(5)14(13)8(16)7(4)15/h1-3H. The van der Waals surface area contributed by atoms with Gasteiger partial charge in [-0.2, -0.15) is 13.2 Å². The summed E-state index contributed by atoms with van der Waals surface area (Å²) in [6.07, 6.45) is -4.58. The largest absolute Gasteiger partial charge is 0.418 e. The number of alkyl halides is 3. The highest BCUT2D eigenvalue weighted by atomic mass is 127. The van der Waals surface area contributed by atoms with Gasteiger partial charge in [-0.3, -0.25) is 9.59 Å². The van der Waals surface area contributed by atoms with Crippen molar-refractivity contribution in [1.29, 1.82) is 0 Å². The summed E-state index contributed by atoms with van der Waals surface area (Å²) in [5, 5.41) is 0. The van der Waals surface area contributed by atoms with Gasteiger partial charge in [0.05, 0.1) is 39.7 Å². The van der Waals surface area contributed by atoms with Gasteiger partial charge in [-0.1, -0.05) is 6.07 Å². The lowest BCUT2D eigenvalue weighted by molar-refractivity contribution is -0.137. The third kappa shape index (κ3) is 1.49. The van der Waals surface area contributed by atoms with Gasteiger partial charge in [0.25, 0.3) is 5.78 Å². The molecule has 3 nitrogen and oxygen atoms in total. The summed E-state index contributed by atoms with van der Waals surface area (Å²) in [7, 11) is 0. The molecule has 0 N–H and O–H groups in total. The second kappa shape index (κ2) is 3.44. The molecule has 16 heavy (non-hydrogen) atoms. The normalized spacial score (nSPS) is 15.6. The van der Waals surface area contributed by atoms with Crippen molar-refractivity contribution >= 4 is 40.2 Å². The van der Waals surface area contributed by atoms with Gasteiger partial charge in [0.15, 0.2) is 0 Å². The number of rotatable bonds is 0. The molecule has 1 aliphatic rings. The van der Waals surface area contributed by atoms with Crippen molar-refractivity contribution in [2.24, 2.45) is 0 Å². The maximum Gasteiger partial charge on any atom is 0.418 e. The summed E-state index contributed by atoms with van der Waals surface area (Å²) < 4.78 is 38.6. The minimum atomic E-state index is -4.58. The van der Waals surface area contributed by atoms with E-state index in [-0.39, 0.29) is 11.3 Å². The van der Waals surface area contributed by atoms with Gasteiger partial charge in [-0.05, 0) is 12.1 Å². The molecule has 0 radical (unpaired) electrons. The summed E-state index contributed by atoms with van der Waals surface area (Å²) in [5.41, 5.74) is -1.54. The molecule has 7 heteroatoms. The van der Waals surface area contributed by atoms with Gasteiger partial charge < -0.3 is 0 Å². The zero-order valence-electron chi connectivity index (χ0n) is 7.51. The third-order valence-corrected chi connectivity index (χ3v) is 3.08. The van der Waals surface area contributed by atoms with E-state index in [1.54, 1.807) is 0 Å². The number of hydrogen-bond acceptors (Lipinski definition) is 2. The van der Waals surface area contributed by atoms with Crippen molar-refractivity contribution in [3.8, 4) is 0 Å². The number of fused-ring (bicyclic) bond motifs is 1. The number of amides is 1. The molecule has 0 aromatic heterocycles. The second-order valence-corrected chi connectivity index (χ2v) is 4.08. The average molecular weight is 341 g/mol. The van der Waals surface area contributed by atoms with Gasteiger partial charge >= 0.3 is 12.1 Å². The molecule has 84 valence electrons. The summed E-state index contributed by atoms with van der Waals surface area (Å²) in [6, 6.07) is 3.17. The molecular weight excluding hydrogens is 338 g/mol. The third-order valence-electron chi connectivity index (χ3n) is 2.15. The number of hydrogen-bond donors (Lipinski definition) is 0. The van der Waals surface area contributed by atoms with Crippen LogP contribution >= 0.6 is 22.9 Å². The Morgan fingerprint density at radius 2 is 1.81 bits per heavy atom. The average Bonchev–Trinajstić information content (AvgIpc) is 2.43. The zero-order valence-corrected chi connectivity index (χ0v) is 9.67. The quantitative estimate of drug-likeness (QED) is 0.413. The van der Waals surface area contributed by atoms with Crippen molar-refractivity contribution in [2.45, 2.75) is 6.18 Å². The van der Waals surface area contributed by atoms with Crippen molar-refractivity contribution < 1.29 is 22.8 Å². The van der Waals surface area contributed by atoms with Crippen LogP contribution in [0.2, 0.25) is 0 Å². The number of anilines is 1. The van der Waals surface area contributed by atoms with E-state index in [1.807, 2.05) is 0 Å². The van der Waals surface area contributed by atoms with Crippen LogP contribution in [0.1, 0.15) is 15.9 Å². The first-order chi connectivity index (χ1) is 7.34. The lowest BCUT2D eigenvalue weighted by Gasteiger charge is -2.14. The van der Waals surface area contributed by atoms with Crippen molar-refractivity contribution in [2.75, 3.05) is 3.11 Å². The highest BCUT2D eigenvalue weighted by Gasteiger charge is 2.43. The number of Topliss-reactive ketones (excluding diaryl/α,β-unsaturated/α-hetero) is 1. The van der Waals surface area contributed by atoms with Crippen molar-refractivity contribution in [3.63, 3.8) is 0 Å². The molecule has 0 fully saturated rings. The molecule has 1 aliphatic heterocycles. The number of carbonyl (C=O) groups is 2. The Morgan fingerprint density at radius 1 is 1.19 bits per heavy atom. The molecule has 0 aliphatic carbocycles. The fourth-order valence-corrected chi connectivity index (χ4v) is 2.21. The Hall–Kier alpha value is -1.12. The van der Waals surface area contributed by atoms with E-state index < -0.39 is 23.4 Å². The first-order valence-electron chi connectivity index (χ1n) is 4.09. The molecule has 1 amide bonds. The van der Waals surface area contributed by atoms with Gasteiger partial charge in [0.2, 0.25) is 0 Å². The Morgan fingerprint density at radius 3 is 2.38 bits per heavy atom. The number of ketones is 1. The Kier molecular flexibility index (Phi) is 2.44. The number of benzene rings is 1. The zero-order chi connectivity index (χ0) is 12.1. The van der Waals surface area contributed by atoms with Crippen LogP contribution in [0.25, 0.3) is 0 Å². The fourth-order valence-electron chi connectivity index (χ4n) is 1.47. The van der Waals surface area contributed by atoms with E-state index in [0.717, 1.165) is 12.1 Å². The minimum Gasteiger partial charge on any atom is -0.283 e. The van der Waals surface area contributed by atoms with E-state index >= 15 is 0 Å². The van der Waals surface area contributed by atoms with E-state index in [4.69, 9.17) is 0 Å². The lowest BCUT2D eigenvalue weighted by Crippen LogP contribution is -2.20. The molecular formula is C9H3F3INO2. The van der Waals surface area contributed by atoms with Gasteiger partial charge in [-0.15, -0.1) is 0 Å². The van der Waals surface area contributed by atoms with Crippen molar-refractivity contribution in [1.82, 2.24) is 0 Å². The van der Waals surface area contributed by atoms with E-state index in [1.165, 1.54) is 28.9 Å². The smallest absolute Gasteiger partial charge is 0.283 e. The minimum absolute atomic E-state index is 0.200. The topological polar surface area (TPSA) is 37.4 Å². The van der Waals surface area contributed by atoms with E-state index in [9.17, 15) is 22.8 Å². The molecule has 1 heterocycles. The highest BCUT2D eigenvalue weighted by molar-refractivity contribution is 14.1. The summed E-state index contributed by atoms with van der Waals surface area (Å²) in [6.45, 7) is 0. The number of nitrogens with zero attached hydrogens (tertiary/aromatic N) is 1. The van der Waals surface area contributed by atoms with Gasteiger partial charge in [-0.25, -0.2) is 3.11 Å².